The fourth-order valence-electron chi connectivity index (χ4n) is 4.78. The number of piperazine rings is 1. The quantitative estimate of drug-likeness (QED) is 0.624. The lowest BCUT2D eigenvalue weighted by Crippen LogP contribution is -2.45. The van der Waals surface area contributed by atoms with Crippen molar-refractivity contribution in [3.8, 4) is 0 Å². The van der Waals surface area contributed by atoms with Crippen LogP contribution in [0.2, 0.25) is 0 Å². The Morgan fingerprint density at radius 1 is 0.824 bits per heavy atom. The predicted molar refractivity (Wildman–Crippen MR) is 134 cm³/mol. The molecule has 2 aliphatic rings. The lowest BCUT2D eigenvalue weighted by atomic mass is 10.1. The summed E-state index contributed by atoms with van der Waals surface area (Å²) >= 11 is 0. The van der Waals surface area contributed by atoms with E-state index in [0.717, 1.165) is 64.1 Å². The van der Waals surface area contributed by atoms with Crippen LogP contribution in [0.3, 0.4) is 0 Å². The number of sulfonamides is 1. The van der Waals surface area contributed by atoms with Crippen molar-refractivity contribution in [2.45, 2.75) is 44.2 Å². The first-order valence-corrected chi connectivity index (χ1v) is 13.8. The van der Waals surface area contributed by atoms with E-state index in [1.165, 1.54) is 9.87 Å². The lowest BCUT2D eigenvalue weighted by molar-refractivity contribution is 0.0947. The van der Waals surface area contributed by atoms with Crippen LogP contribution < -0.4 is 5.32 Å². The summed E-state index contributed by atoms with van der Waals surface area (Å²) in [6, 6.07) is 14.7. The summed E-state index contributed by atoms with van der Waals surface area (Å²) in [5, 5.41) is 2.98. The largest absolute Gasteiger partial charge is 0.348 e. The first-order valence-electron chi connectivity index (χ1n) is 12.4. The summed E-state index contributed by atoms with van der Waals surface area (Å²) in [5.41, 5.74) is 2.47. The van der Waals surface area contributed by atoms with Crippen LogP contribution in [-0.4, -0.2) is 74.2 Å². The number of hydrogen-bond acceptors (Lipinski definition) is 5. The van der Waals surface area contributed by atoms with Crippen molar-refractivity contribution in [1.82, 2.24) is 19.4 Å². The second kappa shape index (κ2) is 11.4. The monoisotopic (exact) mass is 484 g/mol. The predicted octanol–water partition coefficient (Wildman–Crippen LogP) is 2.93. The van der Waals surface area contributed by atoms with Gasteiger partial charge in [0.2, 0.25) is 10.0 Å². The molecule has 0 saturated carbocycles. The molecule has 0 bridgehead atoms. The van der Waals surface area contributed by atoms with Gasteiger partial charge in [0.1, 0.15) is 0 Å². The van der Waals surface area contributed by atoms with Gasteiger partial charge in [-0.05, 0) is 42.6 Å². The molecule has 2 saturated heterocycles. The zero-order chi connectivity index (χ0) is 24.0. The van der Waals surface area contributed by atoms with E-state index >= 15 is 0 Å². The van der Waals surface area contributed by atoms with Crippen molar-refractivity contribution in [3.05, 3.63) is 65.2 Å². The average molecular weight is 485 g/mol. The molecule has 0 unspecified atom stereocenters. The zero-order valence-electron chi connectivity index (χ0n) is 20.1. The van der Waals surface area contributed by atoms with Crippen LogP contribution in [0, 0.1) is 0 Å². The molecule has 8 heteroatoms. The lowest BCUT2D eigenvalue weighted by Gasteiger charge is -2.34. The molecule has 7 nitrogen and oxygen atoms in total. The van der Waals surface area contributed by atoms with E-state index in [0.29, 0.717) is 19.6 Å². The molecule has 2 fully saturated rings. The van der Waals surface area contributed by atoms with Gasteiger partial charge in [0.25, 0.3) is 5.91 Å². The van der Waals surface area contributed by atoms with Gasteiger partial charge in [-0.3, -0.25) is 9.69 Å². The Balaban J connectivity index is 1.44. The fourth-order valence-corrected chi connectivity index (χ4v) is 6.49. The molecule has 2 aromatic rings. The van der Waals surface area contributed by atoms with E-state index in [-0.39, 0.29) is 16.4 Å². The Labute approximate surface area is 203 Å². The van der Waals surface area contributed by atoms with Crippen molar-refractivity contribution >= 4 is 15.9 Å². The van der Waals surface area contributed by atoms with E-state index < -0.39 is 10.0 Å². The molecule has 0 aromatic heterocycles. The molecule has 0 aliphatic carbocycles. The first-order chi connectivity index (χ1) is 16.5. The van der Waals surface area contributed by atoms with Gasteiger partial charge in [-0.15, -0.1) is 0 Å². The van der Waals surface area contributed by atoms with Gasteiger partial charge >= 0.3 is 0 Å². The van der Waals surface area contributed by atoms with Crippen LogP contribution in [0.5, 0.6) is 0 Å². The summed E-state index contributed by atoms with van der Waals surface area (Å²) in [6.45, 7) is 9.76. The third kappa shape index (κ3) is 5.86. The molecule has 184 valence electrons. The molecule has 2 aromatic carbocycles. The van der Waals surface area contributed by atoms with Crippen LogP contribution in [0.15, 0.2) is 53.4 Å². The highest BCUT2D eigenvalue weighted by molar-refractivity contribution is 7.89. The van der Waals surface area contributed by atoms with Crippen LogP contribution in [0.4, 0.5) is 0 Å². The molecule has 1 N–H and O–H groups in total. The summed E-state index contributed by atoms with van der Waals surface area (Å²) in [6.07, 6.45) is 2.76. The highest BCUT2D eigenvalue weighted by Crippen LogP contribution is 2.24. The van der Waals surface area contributed by atoms with Crippen LogP contribution in [0.1, 0.15) is 47.7 Å². The molecule has 2 heterocycles. The van der Waals surface area contributed by atoms with E-state index in [1.807, 2.05) is 18.2 Å². The number of carbonyl (C=O) groups is 1. The van der Waals surface area contributed by atoms with Crippen molar-refractivity contribution < 1.29 is 13.2 Å². The Morgan fingerprint density at radius 2 is 1.44 bits per heavy atom. The maximum absolute atomic E-state index is 13.2. The molecule has 34 heavy (non-hydrogen) atoms. The standard InChI is InChI=1S/C26H36N4O3S/c1-2-28-16-18-29(19-17-28)21-23-11-5-4-10-22(23)20-27-26(31)24-12-6-7-13-25(24)34(32,33)30-14-8-3-9-15-30/h4-7,10-13H,2-3,8-9,14-21H2,1H3,(H,27,31). The van der Waals surface area contributed by atoms with E-state index in [2.05, 4.69) is 28.1 Å². The molecule has 0 atom stereocenters. The molecule has 1 amide bonds. The Kier molecular flexibility index (Phi) is 8.37. The maximum atomic E-state index is 13.2. The first kappa shape index (κ1) is 24.9. The van der Waals surface area contributed by atoms with Gasteiger partial charge in [-0.1, -0.05) is 49.7 Å². The third-order valence-corrected chi connectivity index (χ3v) is 8.89. The number of hydrogen-bond donors (Lipinski definition) is 1. The summed E-state index contributed by atoms with van der Waals surface area (Å²) in [4.78, 5) is 18.1. The normalized spacial score (nSPS) is 18.6. The van der Waals surface area contributed by atoms with Crippen LogP contribution in [0.25, 0.3) is 0 Å². The molecular weight excluding hydrogens is 448 g/mol. The minimum absolute atomic E-state index is 0.0940. The van der Waals surface area contributed by atoms with Crippen molar-refractivity contribution in [2.75, 3.05) is 45.8 Å². The van der Waals surface area contributed by atoms with Gasteiger partial charge in [-0.2, -0.15) is 4.31 Å². The van der Waals surface area contributed by atoms with Crippen molar-refractivity contribution in [1.29, 1.82) is 0 Å². The molecule has 2 aliphatic heterocycles. The number of nitrogens with zero attached hydrogens (tertiary/aromatic N) is 3. The van der Waals surface area contributed by atoms with Gasteiger partial charge in [0.05, 0.1) is 10.5 Å². The van der Waals surface area contributed by atoms with Gasteiger partial charge < -0.3 is 10.2 Å². The third-order valence-electron chi connectivity index (χ3n) is 6.93. The molecule has 0 radical (unpaired) electrons. The molecule has 0 spiro atoms. The summed E-state index contributed by atoms with van der Waals surface area (Å²) < 4.78 is 28.0. The van der Waals surface area contributed by atoms with Crippen LogP contribution >= 0.6 is 0 Å². The number of amides is 1. The molecular formula is C26H36N4O3S. The Hall–Kier alpha value is -2.26. The maximum Gasteiger partial charge on any atom is 0.252 e. The highest BCUT2D eigenvalue weighted by atomic mass is 32.2. The summed E-state index contributed by atoms with van der Waals surface area (Å²) in [7, 11) is -3.69. The van der Waals surface area contributed by atoms with Crippen molar-refractivity contribution in [2.24, 2.45) is 0 Å². The summed E-state index contributed by atoms with van der Waals surface area (Å²) in [5.74, 6) is -0.359. The number of nitrogens with one attached hydrogen (secondary N) is 1. The van der Waals surface area contributed by atoms with Crippen molar-refractivity contribution in [3.63, 3.8) is 0 Å². The Bertz CT molecular complexity index is 1070. The smallest absolute Gasteiger partial charge is 0.252 e. The van der Waals surface area contributed by atoms with Gasteiger partial charge in [0.15, 0.2) is 0 Å². The van der Waals surface area contributed by atoms with Gasteiger partial charge in [-0.25, -0.2) is 8.42 Å². The molecule has 4 rings (SSSR count). The highest BCUT2D eigenvalue weighted by Gasteiger charge is 2.29. The van der Waals surface area contributed by atoms with E-state index in [9.17, 15) is 13.2 Å². The van der Waals surface area contributed by atoms with E-state index in [1.54, 1.807) is 24.3 Å². The topological polar surface area (TPSA) is 73.0 Å². The number of likely N-dealkylation sites (N-methyl/N-ethyl adjacent to an activating group) is 1. The second-order valence-electron chi connectivity index (χ2n) is 9.12. The minimum Gasteiger partial charge on any atom is -0.348 e. The Morgan fingerprint density at radius 3 is 2.15 bits per heavy atom. The number of benzene rings is 2. The fraction of sp³-hybridized carbons (Fsp3) is 0.500. The average Bonchev–Trinajstić information content (AvgIpc) is 2.89. The van der Waals surface area contributed by atoms with E-state index in [4.69, 9.17) is 0 Å². The van der Waals surface area contributed by atoms with Crippen LogP contribution in [-0.2, 0) is 23.1 Å². The number of rotatable bonds is 8. The second-order valence-corrected chi connectivity index (χ2v) is 11.0. The SMILES string of the molecule is CCN1CCN(Cc2ccccc2CNC(=O)c2ccccc2S(=O)(=O)N2CCCCC2)CC1. The van der Waals surface area contributed by atoms with Gasteiger partial charge in [0, 0.05) is 52.4 Å². The number of carbonyl (C=O) groups excluding carboxylic acids is 1. The zero-order valence-corrected chi connectivity index (χ0v) is 20.9. The minimum atomic E-state index is -3.69. The number of piperidine rings is 1.